The summed E-state index contributed by atoms with van der Waals surface area (Å²) in [6.45, 7) is 10.4. The highest BCUT2D eigenvalue weighted by Crippen LogP contribution is 2.41. The molecule has 0 saturated heterocycles. The van der Waals surface area contributed by atoms with Crippen LogP contribution in [0.2, 0.25) is 19.6 Å². The molecule has 0 aliphatic heterocycles. The molecule has 0 saturated carbocycles. The Morgan fingerprint density at radius 3 is 2.20 bits per heavy atom. The van der Waals surface area contributed by atoms with Gasteiger partial charge in [0, 0.05) is 11.8 Å². The first-order valence-electron chi connectivity index (χ1n) is 6.60. The lowest BCUT2D eigenvalue weighted by atomic mass is 9.76. The van der Waals surface area contributed by atoms with Crippen LogP contribution in [-0.2, 0) is 14.3 Å². The van der Waals surface area contributed by atoms with E-state index >= 15 is 0 Å². The van der Waals surface area contributed by atoms with Gasteiger partial charge in [-0.1, -0.05) is 55.1 Å². The number of ether oxygens (including phenoxy) is 1. The summed E-state index contributed by atoms with van der Waals surface area (Å²) in [5.74, 6) is -1.90. The molecule has 0 radical (unpaired) electrons. The zero-order chi connectivity index (χ0) is 16.1. The quantitative estimate of drug-likeness (QED) is 0.550. The van der Waals surface area contributed by atoms with Crippen molar-refractivity contribution in [2.75, 3.05) is 7.11 Å². The van der Waals surface area contributed by atoms with Gasteiger partial charge in [0.05, 0.1) is 21.1 Å². The first-order chi connectivity index (χ1) is 8.91. The van der Waals surface area contributed by atoms with Crippen LogP contribution in [-0.4, -0.2) is 32.2 Å². The second-order valence-electron chi connectivity index (χ2n) is 6.59. The van der Waals surface area contributed by atoms with Crippen molar-refractivity contribution in [1.82, 2.24) is 0 Å². The van der Waals surface area contributed by atoms with Gasteiger partial charge in [0.1, 0.15) is 0 Å². The Morgan fingerprint density at radius 1 is 1.35 bits per heavy atom. The molecule has 116 valence electrons. The Morgan fingerprint density at radius 2 is 1.85 bits per heavy atom. The van der Waals surface area contributed by atoms with Gasteiger partial charge < -0.3 is 9.84 Å². The lowest BCUT2D eigenvalue weighted by Crippen LogP contribution is -2.33. The van der Waals surface area contributed by atoms with Crippen molar-refractivity contribution in [1.29, 1.82) is 0 Å². The van der Waals surface area contributed by atoms with E-state index in [2.05, 4.69) is 46.0 Å². The molecule has 1 unspecified atom stereocenters. The molecule has 1 atom stereocenters. The second kappa shape index (κ2) is 7.40. The normalized spacial score (nSPS) is 14.8. The molecule has 0 aromatic heterocycles. The highest BCUT2D eigenvalue weighted by molar-refractivity contribution is 9.11. The molecule has 1 N–H and O–H groups in total. The number of halogens is 1. The van der Waals surface area contributed by atoms with Gasteiger partial charge in [-0.2, -0.15) is 0 Å². The van der Waals surface area contributed by atoms with Crippen LogP contribution in [0.25, 0.3) is 0 Å². The third kappa shape index (κ3) is 6.22. The molecule has 0 heterocycles. The van der Waals surface area contributed by atoms with E-state index in [9.17, 15) is 14.7 Å². The van der Waals surface area contributed by atoms with E-state index in [1.54, 1.807) is 0 Å². The van der Waals surface area contributed by atoms with Crippen molar-refractivity contribution in [2.45, 2.75) is 46.3 Å². The largest absolute Gasteiger partial charge is 0.481 e. The molecule has 6 heteroatoms. The van der Waals surface area contributed by atoms with Crippen molar-refractivity contribution in [3.63, 3.8) is 0 Å². The summed E-state index contributed by atoms with van der Waals surface area (Å²) in [5, 5.41) is 9.45. The fourth-order valence-electron chi connectivity index (χ4n) is 1.89. The van der Waals surface area contributed by atoms with Crippen molar-refractivity contribution < 1.29 is 19.4 Å². The number of hydrogen-bond acceptors (Lipinski definition) is 3. The average molecular weight is 365 g/mol. The van der Waals surface area contributed by atoms with Crippen molar-refractivity contribution in [3.05, 3.63) is 10.2 Å². The molecule has 0 aromatic carbocycles. The van der Waals surface area contributed by atoms with E-state index in [0.717, 1.165) is 4.48 Å². The Hall–Kier alpha value is -0.623. The number of carboxylic acids is 1. The maximum Gasteiger partial charge on any atom is 0.307 e. The highest BCUT2D eigenvalue weighted by atomic mass is 79.9. The molecule has 0 bridgehead atoms. The third-order valence-electron chi connectivity index (χ3n) is 3.21. The number of carbonyl (C=O) groups excluding carboxylic acids is 1. The van der Waals surface area contributed by atoms with Gasteiger partial charge in [0.15, 0.2) is 0 Å². The maximum absolute atomic E-state index is 11.5. The second-order valence-corrected chi connectivity index (χ2v) is 12.5. The summed E-state index contributed by atoms with van der Waals surface area (Å²) in [6, 6.07) is 0. The lowest BCUT2D eigenvalue weighted by molar-refractivity contribution is -0.146. The van der Waals surface area contributed by atoms with Crippen LogP contribution in [0.3, 0.4) is 0 Å². The molecule has 0 rings (SSSR count). The van der Waals surface area contributed by atoms with E-state index in [1.165, 1.54) is 7.11 Å². The first kappa shape index (κ1) is 19.4. The Kier molecular flexibility index (Phi) is 7.17. The lowest BCUT2D eigenvalue weighted by Gasteiger charge is -2.32. The number of carboxylic acid groups (broad SMARTS) is 1. The molecule has 20 heavy (non-hydrogen) atoms. The molecule has 0 aliphatic rings. The number of carbonyl (C=O) groups is 2. The first-order valence-corrected chi connectivity index (χ1v) is 11.0. The Labute approximate surface area is 130 Å². The molecule has 0 aromatic rings. The summed E-state index contributed by atoms with van der Waals surface area (Å²) >= 11 is 3.54. The molecular weight excluding hydrogens is 340 g/mol. The number of methoxy groups -OCH3 is 1. The van der Waals surface area contributed by atoms with Gasteiger partial charge in [-0.05, 0) is 10.9 Å². The fraction of sp³-hybridized carbons (Fsp3) is 0.714. The SMILES string of the molecule is COC(=O)CCC(C(=O)O)C(C)(C)/C(Br)=C/[Si](C)(C)C. The number of aliphatic carboxylic acids is 1. The number of allylic oxidation sites excluding steroid dienone is 1. The molecular formula is C14H25BrO4Si. The number of rotatable bonds is 7. The van der Waals surface area contributed by atoms with Gasteiger partial charge in [-0.15, -0.1) is 0 Å². The standard InChI is InChI=1S/C14H25BrO4Si/c1-14(2,11(15)9-20(4,5)6)10(13(17)18)7-8-12(16)19-3/h9-10H,7-8H2,1-6H3,(H,17,18)/b11-9-. The van der Waals surface area contributed by atoms with Gasteiger partial charge >= 0.3 is 11.9 Å². The van der Waals surface area contributed by atoms with Crippen LogP contribution in [0.1, 0.15) is 26.7 Å². The molecule has 0 amide bonds. The smallest absolute Gasteiger partial charge is 0.307 e. The molecule has 0 aliphatic carbocycles. The summed E-state index contributed by atoms with van der Waals surface area (Å²) in [7, 11) is -0.146. The summed E-state index contributed by atoms with van der Waals surface area (Å²) in [6.07, 6.45) is 0.383. The topological polar surface area (TPSA) is 63.6 Å². The maximum atomic E-state index is 11.5. The van der Waals surface area contributed by atoms with Gasteiger partial charge in [-0.25, -0.2) is 0 Å². The van der Waals surface area contributed by atoms with Crippen LogP contribution in [0.5, 0.6) is 0 Å². The zero-order valence-electron chi connectivity index (χ0n) is 13.1. The number of esters is 1. The van der Waals surface area contributed by atoms with Crippen LogP contribution in [0.4, 0.5) is 0 Å². The van der Waals surface area contributed by atoms with E-state index in [4.69, 9.17) is 0 Å². The zero-order valence-corrected chi connectivity index (χ0v) is 15.7. The predicted octanol–water partition coefficient (Wildman–Crippen LogP) is 3.82. The van der Waals surface area contributed by atoms with E-state index in [1.807, 2.05) is 13.8 Å². The van der Waals surface area contributed by atoms with E-state index in [0.29, 0.717) is 0 Å². The van der Waals surface area contributed by atoms with Gasteiger partial charge in [0.25, 0.3) is 0 Å². The Balaban J connectivity index is 5.21. The van der Waals surface area contributed by atoms with Gasteiger partial charge in [-0.3, -0.25) is 9.59 Å². The summed E-state index contributed by atoms with van der Waals surface area (Å²) in [4.78, 5) is 22.8. The molecule has 0 fully saturated rings. The van der Waals surface area contributed by atoms with Crippen LogP contribution < -0.4 is 0 Å². The predicted molar refractivity (Wildman–Crippen MR) is 86.5 cm³/mol. The minimum Gasteiger partial charge on any atom is -0.481 e. The van der Waals surface area contributed by atoms with E-state index in [-0.39, 0.29) is 18.8 Å². The van der Waals surface area contributed by atoms with Crippen molar-refractivity contribution in [3.8, 4) is 0 Å². The van der Waals surface area contributed by atoms with E-state index < -0.39 is 25.4 Å². The third-order valence-corrected chi connectivity index (χ3v) is 6.04. The van der Waals surface area contributed by atoms with Gasteiger partial charge in [0.2, 0.25) is 0 Å². The minimum absolute atomic E-state index is 0.115. The fourth-order valence-corrected chi connectivity index (χ4v) is 5.36. The molecule has 4 nitrogen and oxygen atoms in total. The van der Waals surface area contributed by atoms with Crippen molar-refractivity contribution >= 4 is 35.9 Å². The molecule has 0 spiro atoms. The van der Waals surface area contributed by atoms with Crippen LogP contribution in [0.15, 0.2) is 10.2 Å². The minimum atomic E-state index is -1.46. The van der Waals surface area contributed by atoms with Crippen LogP contribution in [0, 0.1) is 11.3 Å². The van der Waals surface area contributed by atoms with Crippen molar-refractivity contribution in [2.24, 2.45) is 11.3 Å². The summed E-state index contributed by atoms with van der Waals surface area (Å²) < 4.78 is 5.49. The van der Waals surface area contributed by atoms with Crippen LogP contribution >= 0.6 is 15.9 Å². The number of hydrogen-bond donors (Lipinski definition) is 1. The average Bonchev–Trinajstić information content (AvgIpc) is 2.25. The summed E-state index contributed by atoms with van der Waals surface area (Å²) in [5.41, 5.74) is 1.60. The highest BCUT2D eigenvalue weighted by Gasteiger charge is 2.38. The Bertz CT molecular complexity index is 396. The monoisotopic (exact) mass is 364 g/mol.